The molecule has 2 aromatic carbocycles. The first-order valence-corrected chi connectivity index (χ1v) is 10.3. The molecule has 1 aromatic heterocycles. The first-order valence-electron chi connectivity index (χ1n) is 10.3. The van der Waals surface area contributed by atoms with Gasteiger partial charge in [-0.3, -0.25) is 9.59 Å². The zero-order valence-corrected chi connectivity index (χ0v) is 17.5. The smallest absolute Gasteiger partial charge is 0.256 e. The van der Waals surface area contributed by atoms with Gasteiger partial charge in [0.15, 0.2) is 0 Å². The van der Waals surface area contributed by atoms with Gasteiger partial charge in [0.1, 0.15) is 11.6 Å². The van der Waals surface area contributed by atoms with Gasteiger partial charge >= 0.3 is 0 Å². The minimum Gasteiger partial charge on any atom is -0.339 e. The molecule has 0 aliphatic carbocycles. The maximum atomic E-state index is 13.7. The van der Waals surface area contributed by atoms with Gasteiger partial charge < -0.3 is 9.88 Å². The summed E-state index contributed by atoms with van der Waals surface area (Å²) in [5, 5.41) is 10.00. The van der Waals surface area contributed by atoms with Crippen molar-refractivity contribution in [3.05, 3.63) is 86.8 Å². The van der Waals surface area contributed by atoms with Gasteiger partial charge in [0.2, 0.25) is 5.91 Å². The zero-order chi connectivity index (χ0) is 22.8. The molecule has 5 nitrogen and oxygen atoms in total. The van der Waals surface area contributed by atoms with Crippen LogP contribution in [-0.4, -0.2) is 28.9 Å². The summed E-state index contributed by atoms with van der Waals surface area (Å²) in [5.41, 5.74) is 2.76. The lowest BCUT2D eigenvalue weighted by Crippen LogP contribution is -2.34. The molecule has 0 unspecified atom stereocenters. The highest BCUT2D eigenvalue weighted by Crippen LogP contribution is 2.25. The topological polar surface area (TPSA) is 77.0 Å². The molecular formula is C25H21F2N3O2. The van der Waals surface area contributed by atoms with Crippen molar-refractivity contribution in [1.29, 1.82) is 5.26 Å². The van der Waals surface area contributed by atoms with E-state index in [4.69, 9.17) is 5.26 Å². The van der Waals surface area contributed by atoms with E-state index < -0.39 is 11.6 Å². The summed E-state index contributed by atoms with van der Waals surface area (Å²) in [6.45, 7) is 2.64. The van der Waals surface area contributed by atoms with Gasteiger partial charge in [0, 0.05) is 25.2 Å². The normalized spacial score (nSPS) is 13.7. The summed E-state index contributed by atoms with van der Waals surface area (Å²) >= 11 is 0. The second kappa shape index (κ2) is 8.75. The number of nitrogens with zero attached hydrogens (tertiary/aromatic N) is 2. The van der Waals surface area contributed by atoms with Gasteiger partial charge in [-0.1, -0.05) is 6.08 Å². The van der Waals surface area contributed by atoms with Crippen LogP contribution in [0.15, 0.2) is 47.3 Å². The predicted molar refractivity (Wildman–Crippen MR) is 118 cm³/mol. The van der Waals surface area contributed by atoms with Crippen molar-refractivity contribution in [3.63, 3.8) is 0 Å². The summed E-state index contributed by atoms with van der Waals surface area (Å²) in [6, 6.07) is 10.6. The van der Waals surface area contributed by atoms with Gasteiger partial charge in [-0.25, -0.2) is 8.78 Å². The standard InChI is InChI=1S/C25H21F2N3O2/c1-15-8-19(26)12-23-22(15)13-21(29-25(23)32)2-3-24(31)30-6-4-17(5-7-30)18-9-16(14-28)10-20(27)11-18/h4,8-13H,2-3,5-7H2,1H3,(H,29,32). The van der Waals surface area contributed by atoms with Crippen molar-refractivity contribution >= 4 is 22.3 Å². The average Bonchev–Trinajstić information content (AvgIpc) is 2.78. The Morgan fingerprint density at radius 1 is 1.12 bits per heavy atom. The van der Waals surface area contributed by atoms with Gasteiger partial charge in [-0.15, -0.1) is 0 Å². The molecule has 0 fully saturated rings. The second-order valence-electron chi connectivity index (χ2n) is 7.97. The van der Waals surface area contributed by atoms with Crippen LogP contribution in [-0.2, 0) is 11.2 Å². The average molecular weight is 433 g/mol. The van der Waals surface area contributed by atoms with Crippen LogP contribution < -0.4 is 5.56 Å². The number of hydrogen-bond donors (Lipinski definition) is 1. The summed E-state index contributed by atoms with van der Waals surface area (Å²) in [6.07, 6.45) is 3.04. The largest absolute Gasteiger partial charge is 0.339 e. The van der Waals surface area contributed by atoms with Crippen molar-refractivity contribution in [2.24, 2.45) is 0 Å². The molecule has 1 amide bonds. The number of H-pyrrole nitrogens is 1. The number of aromatic nitrogens is 1. The van der Waals surface area contributed by atoms with Crippen LogP contribution in [0.4, 0.5) is 8.78 Å². The van der Waals surface area contributed by atoms with Crippen LogP contribution in [0, 0.1) is 29.9 Å². The molecule has 0 saturated carbocycles. The maximum Gasteiger partial charge on any atom is 0.256 e. The summed E-state index contributed by atoms with van der Waals surface area (Å²) in [4.78, 5) is 29.5. The molecular weight excluding hydrogens is 412 g/mol. The molecule has 0 spiro atoms. The highest BCUT2D eigenvalue weighted by Gasteiger charge is 2.19. The number of benzene rings is 2. The second-order valence-corrected chi connectivity index (χ2v) is 7.97. The van der Waals surface area contributed by atoms with Gasteiger partial charge in [-0.2, -0.15) is 5.26 Å². The van der Waals surface area contributed by atoms with Crippen molar-refractivity contribution in [2.75, 3.05) is 13.1 Å². The Morgan fingerprint density at radius 3 is 2.62 bits per heavy atom. The van der Waals surface area contributed by atoms with Crippen LogP contribution in [0.3, 0.4) is 0 Å². The van der Waals surface area contributed by atoms with Crippen molar-refractivity contribution in [3.8, 4) is 6.07 Å². The molecule has 1 N–H and O–H groups in total. The molecule has 32 heavy (non-hydrogen) atoms. The van der Waals surface area contributed by atoms with Crippen LogP contribution >= 0.6 is 0 Å². The third-order valence-electron chi connectivity index (χ3n) is 5.76. The monoisotopic (exact) mass is 433 g/mol. The van der Waals surface area contributed by atoms with Gasteiger partial charge in [0.05, 0.1) is 17.0 Å². The molecule has 1 aliphatic heterocycles. The van der Waals surface area contributed by atoms with Gasteiger partial charge in [-0.05, 0) is 78.2 Å². The van der Waals surface area contributed by atoms with E-state index in [2.05, 4.69) is 4.98 Å². The number of rotatable bonds is 4. The number of pyridine rings is 1. The Kier molecular flexibility index (Phi) is 5.87. The molecule has 4 rings (SSSR count). The number of aromatic amines is 1. The SMILES string of the molecule is Cc1cc(F)cc2c(=O)[nH]c(CCC(=O)N3CC=C(c4cc(F)cc(C#N)c4)CC3)cc12. The first kappa shape index (κ1) is 21.4. The number of halogens is 2. The van der Waals surface area contributed by atoms with E-state index in [1.807, 2.05) is 12.1 Å². The number of hydrogen-bond acceptors (Lipinski definition) is 3. The van der Waals surface area contributed by atoms with E-state index >= 15 is 0 Å². The molecule has 7 heteroatoms. The quantitative estimate of drug-likeness (QED) is 0.669. The van der Waals surface area contributed by atoms with Crippen LogP contribution in [0.25, 0.3) is 16.3 Å². The summed E-state index contributed by atoms with van der Waals surface area (Å²) in [7, 11) is 0. The van der Waals surface area contributed by atoms with E-state index in [0.29, 0.717) is 53.5 Å². The number of fused-ring (bicyclic) bond motifs is 1. The number of carbonyl (C=O) groups is 1. The van der Waals surface area contributed by atoms with E-state index in [0.717, 1.165) is 5.57 Å². The predicted octanol–water partition coefficient (Wildman–Crippen LogP) is 4.23. The zero-order valence-electron chi connectivity index (χ0n) is 17.5. The molecule has 1 aliphatic rings. The lowest BCUT2D eigenvalue weighted by molar-refractivity contribution is -0.130. The molecule has 2 heterocycles. The Morgan fingerprint density at radius 2 is 1.91 bits per heavy atom. The number of aryl methyl sites for hydroxylation is 2. The molecule has 0 bridgehead atoms. The highest BCUT2D eigenvalue weighted by molar-refractivity contribution is 5.85. The fourth-order valence-electron chi connectivity index (χ4n) is 4.09. The van der Waals surface area contributed by atoms with Gasteiger partial charge in [0.25, 0.3) is 5.56 Å². The van der Waals surface area contributed by atoms with E-state index in [9.17, 15) is 18.4 Å². The van der Waals surface area contributed by atoms with Crippen LogP contribution in [0.1, 0.15) is 35.2 Å². The lowest BCUT2D eigenvalue weighted by Gasteiger charge is -2.27. The third-order valence-corrected chi connectivity index (χ3v) is 5.76. The summed E-state index contributed by atoms with van der Waals surface area (Å²) < 4.78 is 27.3. The van der Waals surface area contributed by atoms with Crippen LogP contribution in [0.5, 0.6) is 0 Å². The number of carbonyl (C=O) groups excluding carboxylic acids is 1. The fourth-order valence-corrected chi connectivity index (χ4v) is 4.09. The minimum atomic E-state index is -0.458. The Balaban J connectivity index is 1.43. The minimum absolute atomic E-state index is 0.0472. The molecule has 3 aromatic rings. The van der Waals surface area contributed by atoms with E-state index in [1.54, 1.807) is 24.0 Å². The molecule has 0 radical (unpaired) electrons. The lowest BCUT2D eigenvalue weighted by atomic mass is 9.97. The van der Waals surface area contributed by atoms with Crippen molar-refractivity contribution in [1.82, 2.24) is 9.88 Å². The van der Waals surface area contributed by atoms with E-state index in [-0.39, 0.29) is 23.5 Å². The fraction of sp³-hybridized carbons (Fsp3) is 0.240. The molecule has 0 atom stereocenters. The Labute approximate surface area is 183 Å². The van der Waals surface area contributed by atoms with Crippen molar-refractivity contribution in [2.45, 2.75) is 26.2 Å². The van der Waals surface area contributed by atoms with Crippen molar-refractivity contribution < 1.29 is 13.6 Å². The molecule has 162 valence electrons. The Hall–Kier alpha value is -3.79. The summed E-state index contributed by atoms with van der Waals surface area (Å²) in [5.74, 6) is -0.960. The number of nitrogens with one attached hydrogen (secondary N) is 1. The highest BCUT2D eigenvalue weighted by atomic mass is 19.1. The maximum absolute atomic E-state index is 13.7. The number of nitriles is 1. The van der Waals surface area contributed by atoms with E-state index in [1.165, 1.54) is 24.3 Å². The Bertz CT molecular complexity index is 1350. The van der Waals surface area contributed by atoms with Crippen LogP contribution in [0.2, 0.25) is 0 Å². The molecule has 0 saturated heterocycles. The third kappa shape index (κ3) is 4.45. The number of amides is 1. The first-order chi connectivity index (χ1) is 15.3.